The Morgan fingerprint density at radius 3 is 2.74 bits per heavy atom. The average molecular weight is 269 g/mol. The lowest BCUT2D eigenvalue weighted by Crippen LogP contribution is -2.20. The summed E-state index contributed by atoms with van der Waals surface area (Å²) >= 11 is 0. The van der Waals surface area contributed by atoms with E-state index in [-0.39, 0.29) is 11.9 Å². The number of hydrogen-bond donors (Lipinski definition) is 1. The van der Waals surface area contributed by atoms with Crippen LogP contribution in [0, 0.1) is 5.82 Å². The number of nitrogens with one attached hydrogen (secondary N) is 1. The molecular weight excluding hydrogens is 245 g/mol. The van der Waals surface area contributed by atoms with Crippen molar-refractivity contribution in [3.8, 4) is 5.75 Å². The molecule has 0 saturated carbocycles. The van der Waals surface area contributed by atoms with E-state index in [2.05, 4.69) is 12.2 Å². The fourth-order valence-electron chi connectivity index (χ4n) is 1.81. The fourth-order valence-corrected chi connectivity index (χ4v) is 1.81. The Hall–Kier alpha value is -1.13. The molecule has 0 aliphatic carbocycles. The molecule has 0 fully saturated rings. The Bertz CT molecular complexity index is 371. The van der Waals surface area contributed by atoms with E-state index in [9.17, 15) is 4.39 Å². The molecule has 0 spiro atoms. The van der Waals surface area contributed by atoms with E-state index in [1.54, 1.807) is 13.2 Å². The van der Waals surface area contributed by atoms with Crippen molar-refractivity contribution < 1.29 is 13.9 Å². The molecule has 19 heavy (non-hydrogen) atoms. The van der Waals surface area contributed by atoms with Crippen molar-refractivity contribution in [2.45, 2.75) is 32.7 Å². The van der Waals surface area contributed by atoms with Crippen molar-refractivity contribution in [1.82, 2.24) is 5.32 Å². The summed E-state index contributed by atoms with van der Waals surface area (Å²) in [6.45, 7) is 6.13. The predicted molar refractivity (Wildman–Crippen MR) is 75.1 cm³/mol. The van der Waals surface area contributed by atoms with Crippen LogP contribution in [-0.4, -0.2) is 26.9 Å². The fraction of sp³-hybridized carbons (Fsp3) is 0.600. The molecule has 108 valence electrons. The van der Waals surface area contributed by atoms with Gasteiger partial charge in [-0.25, -0.2) is 4.39 Å². The topological polar surface area (TPSA) is 30.5 Å². The maximum atomic E-state index is 14.0. The van der Waals surface area contributed by atoms with E-state index >= 15 is 0 Å². The van der Waals surface area contributed by atoms with Crippen molar-refractivity contribution in [3.05, 3.63) is 29.6 Å². The molecule has 0 heterocycles. The van der Waals surface area contributed by atoms with Gasteiger partial charge < -0.3 is 14.8 Å². The molecule has 1 atom stereocenters. The van der Waals surface area contributed by atoms with Crippen molar-refractivity contribution >= 4 is 0 Å². The molecule has 0 aliphatic rings. The van der Waals surface area contributed by atoms with Crippen LogP contribution < -0.4 is 10.1 Å². The normalized spacial score (nSPS) is 12.4. The van der Waals surface area contributed by atoms with Gasteiger partial charge in [-0.2, -0.15) is 0 Å². The molecule has 1 unspecified atom stereocenters. The first kappa shape index (κ1) is 15.9. The second-order valence-corrected chi connectivity index (χ2v) is 4.55. The SMILES string of the molecule is CCCNC(C)c1ccc(OCCCOC)cc1F. The van der Waals surface area contributed by atoms with Crippen LogP contribution in [0.5, 0.6) is 5.75 Å². The Morgan fingerprint density at radius 2 is 2.11 bits per heavy atom. The first-order valence-electron chi connectivity index (χ1n) is 6.83. The van der Waals surface area contributed by atoms with Gasteiger partial charge >= 0.3 is 0 Å². The van der Waals surface area contributed by atoms with Crippen LogP contribution in [0.1, 0.15) is 38.3 Å². The van der Waals surface area contributed by atoms with Crippen LogP contribution >= 0.6 is 0 Å². The highest BCUT2D eigenvalue weighted by atomic mass is 19.1. The van der Waals surface area contributed by atoms with E-state index in [4.69, 9.17) is 9.47 Å². The molecule has 0 aliphatic heterocycles. The number of rotatable bonds is 9. The van der Waals surface area contributed by atoms with E-state index < -0.39 is 0 Å². The minimum atomic E-state index is -0.222. The number of ether oxygens (including phenoxy) is 2. The summed E-state index contributed by atoms with van der Waals surface area (Å²) in [6.07, 6.45) is 1.83. The van der Waals surface area contributed by atoms with Gasteiger partial charge in [0.15, 0.2) is 0 Å². The second kappa shape index (κ2) is 8.88. The second-order valence-electron chi connectivity index (χ2n) is 4.55. The summed E-state index contributed by atoms with van der Waals surface area (Å²) < 4.78 is 24.4. The number of benzene rings is 1. The lowest BCUT2D eigenvalue weighted by atomic mass is 10.1. The van der Waals surface area contributed by atoms with Crippen LogP contribution in [-0.2, 0) is 4.74 Å². The molecular formula is C15H24FNO2. The predicted octanol–water partition coefficient (Wildman–Crippen LogP) is 3.30. The Kier molecular flexibility index (Phi) is 7.45. The van der Waals surface area contributed by atoms with Gasteiger partial charge in [-0.1, -0.05) is 13.0 Å². The van der Waals surface area contributed by atoms with E-state index in [0.29, 0.717) is 24.5 Å². The lowest BCUT2D eigenvalue weighted by molar-refractivity contribution is 0.172. The minimum absolute atomic E-state index is 0.0162. The summed E-state index contributed by atoms with van der Waals surface area (Å²) in [5, 5.41) is 3.27. The summed E-state index contributed by atoms with van der Waals surface area (Å²) in [5.74, 6) is 0.348. The highest BCUT2D eigenvalue weighted by Gasteiger charge is 2.11. The van der Waals surface area contributed by atoms with Crippen LogP contribution in [0.25, 0.3) is 0 Å². The Balaban J connectivity index is 2.53. The zero-order valence-corrected chi connectivity index (χ0v) is 12.0. The lowest BCUT2D eigenvalue weighted by Gasteiger charge is -2.15. The van der Waals surface area contributed by atoms with Gasteiger partial charge in [0.1, 0.15) is 11.6 Å². The smallest absolute Gasteiger partial charge is 0.131 e. The summed E-state index contributed by atoms with van der Waals surface area (Å²) in [5.41, 5.74) is 0.678. The largest absolute Gasteiger partial charge is 0.493 e. The maximum Gasteiger partial charge on any atom is 0.131 e. The third kappa shape index (κ3) is 5.57. The molecule has 0 bridgehead atoms. The van der Waals surface area contributed by atoms with Crippen molar-refractivity contribution in [3.63, 3.8) is 0 Å². The standard InChI is InChI=1S/C15H24FNO2/c1-4-8-17-12(2)14-7-6-13(11-15(14)16)19-10-5-9-18-3/h6-7,11-12,17H,4-5,8-10H2,1-3H3. The van der Waals surface area contributed by atoms with Gasteiger partial charge in [-0.3, -0.25) is 0 Å². The number of methoxy groups -OCH3 is 1. The van der Waals surface area contributed by atoms with Crippen LogP contribution in [0.3, 0.4) is 0 Å². The van der Waals surface area contributed by atoms with E-state index in [1.807, 2.05) is 13.0 Å². The quantitative estimate of drug-likeness (QED) is 0.698. The summed E-state index contributed by atoms with van der Waals surface area (Å²) in [6, 6.07) is 5.07. The monoisotopic (exact) mass is 269 g/mol. The van der Waals surface area contributed by atoms with Crippen LogP contribution in [0.4, 0.5) is 4.39 Å². The minimum Gasteiger partial charge on any atom is -0.493 e. The van der Waals surface area contributed by atoms with Crippen molar-refractivity contribution in [2.24, 2.45) is 0 Å². The zero-order valence-electron chi connectivity index (χ0n) is 12.0. The molecule has 1 aromatic rings. The molecule has 4 heteroatoms. The van der Waals surface area contributed by atoms with Crippen LogP contribution in [0.15, 0.2) is 18.2 Å². The van der Waals surface area contributed by atoms with Gasteiger partial charge in [0.05, 0.1) is 6.61 Å². The molecule has 0 radical (unpaired) electrons. The first-order valence-corrected chi connectivity index (χ1v) is 6.83. The highest BCUT2D eigenvalue weighted by Crippen LogP contribution is 2.22. The average Bonchev–Trinajstić information content (AvgIpc) is 2.41. The summed E-state index contributed by atoms with van der Waals surface area (Å²) in [7, 11) is 1.65. The molecule has 3 nitrogen and oxygen atoms in total. The number of halogens is 1. The van der Waals surface area contributed by atoms with Crippen molar-refractivity contribution in [1.29, 1.82) is 0 Å². The number of hydrogen-bond acceptors (Lipinski definition) is 3. The molecule has 0 amide bonds. The van der Waals surface area contributed by atoms with Gasteiger partial charge in [0.25, 0.3) is 0 Å². The first-order chi connectivity index (χ1) is 9.19. The zero-order chi connectivity index (χ0) is 14.1. The third-order valence-electron chi connectivity index (χ3n) is 2.90. The molecule has 1 rings (SSSR count). The highest BCUT2D eigenvalue weighted by molar-refractivity contribution is 5.30. The van der Waals surface area contributed by atoms with E-state index in [1.165, 1.54) is 6.07 Å². The maximum absolute atomic E-state index is 14.0. The van der Waals surface area contributed by atoms with Gasteiger partial charge in [0.2, 0.25) is 0 Å². The van der Waals surface area contributed by atoms with Crippen LogP contribution in [0.2, 0.25) is 0 Å². The molecule has 0 saturated heterocycles. The Morgan fingerprint density at radius 1 is 1.32 bits per heavy atom. The molecule has 0 aromatic heterocycles. The Labute approximate surface area is 115 Å². The third-order valence-corrected chi connectivity index (χ3v) is 2.90. The van der Waals surface area contributed by atoms with Gasteiger partial charge in [0, 0.05) is 37.8 Å². The molecule has 1 aromatic carbocycles. The summed E-state index contributed by atoms with van der Waals surface area (Å²) in [4.78, 5) is 0. The van der Waals surface area contributed by atoms with Crippen molar-refractivity contribution in [2.75, 3.05) is 26.9 Å². The molecule has 1 N–H and O–H groups in total. The van der Waals surface area contributed by atoms with E-state index in [0.717, 1.165) is 19.4 Å². The van der Waals surface area contributed by atoms with Gasteiger partial charge in [-0.05, 0) is 26.0 Å². The van der Waals surface area contributed by atoms with Gasteiger partial charge in [-0.15, -0.1) is 0 Å².